The molecule has 0 aliphatic carbocycles. The molecule has 1 saturated heterocycles. The molecule has 88 valence electrons. The van der Waals surface area contributed by atoms with Crippen LogP contribution in [0.25, 0.3) is 0 Å². The summed E-state index contributed by atoms with van der Waals surface area (Å²) in [6.45, 7) is 2.65. The van der Waals surface area contributed by atoms with Gasteiger partial charge in [-0.3, -0.25) is 0 Å². The van der Waals surface area contributed by atoms with E-state index in [0.717, 1.165) is 25.0 Å². The van der Waals surface area contributed by atoms with Crippen LogP contribution in [0.15, 0.2) is 18.2 Å². The average Bonchev–Trinajstić information content (AvgIpc) is 2.74. The normalized spacial score (nSPS) is 22.3. The first-order valence-corrected chi connectivity index (χ1v) is 5.72. The maximum absolute atomic E-state index is 13.5. The molecule has 1 N–H and O–H groups in total. The molecular weight excluding hydrogens is 207 g/mol. The molecule has 1 aromatic rings. The Morgan fingerprint density at radius 3 is 3.06 bits per heavy atom. The van der Waals surface area contributed by atoms with E-state index in [9.17, 15) is 9.50 Å². The second-order valence-corrected chi connectivity index (χ2v) is 4.41. The SMILES string of the molecule is Cc1ccc(F)c(C(O)CC2CCCO2)c1. The van der Waals surface area contributed by atoms with E-state index in [2.05, 4.69) is 0 Å². The van der Waals surface area contributed by atoms with E-state index in [-0.39, 0.29) is 11.9 Å². The highest BCUT2D eigenvalue weighted by Crippen LogP contribution is 2.27. The lowest BCUT2D eigenvalue weighted by atomic mass is 10.00. The van der Waals surface area contributed by atoms with Crippen LogP contribution in [0.1, 0.15) is 36.5 Å². The van der Waals surface area contributed by atoms with Gasteiger partial charge in [-0.15, -0.1) is 0 Å². The van der Waals surface area contributed by atoms with Crippen LogP contribution in [-0.2, 0) is 4.74 Å². The topological polar surface area (TPSA) is 29.5 Å². The third kappa shape index (κ3) is 2.60. The minimum absolute atomic E-state index is 0.0786. The number of benzene rings is 1. The van der Waals surface area contributed by atoms with E-state index in [1.807, 2.05) is 6.92 Å². The number of aliphatic hydroxyl groups excluding tert-OH is 1. The van der Waals surface area contributed by atoms with Crippen molar-refractivity contribution in [2.75, 3.05) is 6.61 Å². The summed E-state index contributed by atoms with van der Waals surface area (Å²) in [5, 5.41) is 9.97. The summed E-state index contributed by atoms with van der Waals surface area (Å²) in [5.74, 6) is -0.337. The maximum atomic E-state index is 13.5. The highest BCUT2D eigenvalue weighted by atomic mass is 19.1. The van der Waals surface area contributed by atoms with Crippen LogP contribution in [0.5, 0.6) is 0 Å². The fraction of sp³-hybridized carbons (Fsp3) is 0.538. The molecule has 0 amide bonds. The first-order valence-electron chi connectivity index (χ1n) is 5.72. The molecule has 3 heteroatoms. The number of ether oxygens (including phenoxy) is 1. The molecule has 0 saturated carbocycles. The van der Waals surface area contributed by atoms with Crippen molar-refractivity contribution < 1.29 is 14.2 Å². The van der Waals surface area contributed by atoms with Crippen molar-refractivity contribution in [3.8, 4) is 0 Å². The lowest BCUT2D eigenvalue weighted by Crippen LogP contribution is -2.12. The Balaban J connectivity index is 2.07. The zero-order valence-electron chi connectivity index (χ0n) is 9.45. The second kappa shape index (κ2) is 4.93. The number of rotatable bonds is 3. The van der Waals surface area contributed by atoms with Crippen LogP contribution in [-0.4, -0.2) is 17.8 Å². The van der Waals surface area contributed by atoms with Crippen LogP contribution in [0, 0.1) is 12.7 Å². The molecule has 1 aliphatic heterocycles. The largest absolute Gasteiger partial charge is 0.388 e. The minimum Gasteiger partial charge on any atom is -0.388 e. The van der Waals surface area contributed by atoms with Crippen molar-refractivity contribution in [1.82, 2.24) is 0 Å². The summed E-state index contributed by atoms with van der Waals surface area (Å²) >= 11 is 0. The summed E-state index contributed by atoms with van der Waals surface area (Å²) in [6, 6.07) is 4.82. The number of aryl methyl sites for hydroxylation is 1. The first kappa shape index (κ1) is 11.6. The molecule has 2 rings (SSSR count). The number of aliphatic hydroxyl groups is 1. The molecule has 0 spiro atoms. The van der Waals surface area contributed by atoms with Crippen LogP contribution in [0.4, 0.5) is 4.39 Å². The Morgan fingerprint density at radius 1 is 1.56 bits per heavy atom. The van der Waals surface area contributed by atoms with Gasteiger partial charge in [0.05, 0.1) is 12.2 Å². The van der Waals surface area contributed by atoms with E-state index in [1.54, 1.807) is 12.1 Å². The fourth-order valence-electron chi connectivity index (χ4n) is 2.12. The van der Waals surface area contributed by atoms with Crippen LogP contribution < -0.4 is 0 Å². The molecule has 16 heavy (non-hydrogen) atoms. The third-order valence-corrected chi connectivity index (χ3v) is 3.02. The zero-order chi connectivity index (χ0) is 11.5. The van der Waals surface area contributed by atoms with Gasteiger partial charge in [-0.2, -0.15) is 0 Å². The molecule has 0 radical (unpaired) electrons. The third-order valence-electron chi connectivity index (χ3n) is 3.02. The monoisotopic (exact) mass is 224 g/mol. The molecule has 0 aromatic heterocycles. The molecule has 2 unspecified atom stereocenters. The number of hydrogen-bond acceptors (Lipinski definition) is 2. The first-order chi connectivity index (χ1) is 7.66. The Morgan fingerprint density at radius 2 is 2.38 bits per heavy atom. The average molecular weight is 224 g/mol. The highest BCUT2D eigenvalue weighted by molar-refractivity contribution is 5.25. The molecule has 1 fully saturated rings. The predicted molar refractivity (Wildman–Crippen MR) is 59.7 cm³/mol. The quantitative estimate of drug-likeness (QED) is 0.855. The molecule has 1 aliphatic rings. The Bertz CT molecular complexity index is 359. The minimum atomic E-state index is -0.761. The van der Waals surface area contributed by atoms with Gasteiger partial charge in [-0.1, -0.05) is 17.7 Å². The van der Waals surface area contributed by atoms with Gasteiger partial charge in [0, 0.05) is 18.6 Å². The van der Waals surface area contributed by atoms with Gasteiger partial charge < -0.3 is 9.84 Å². The molecule has 1 heterocycles. The fourth-order valence-corrected chi connectivity index (χ4v) is 2.12. The Kier molecular flexibility index (Phi) is 3.56. The lowest BCUT2D eigenvalue weighted by molar-refractivity contribution is 0.0522. The van der Waals surface area contributed by atoms with Crippen LogP contribution >= 0.6 is 0 Å². The van der Waals surface area contributed by atoms with Crippen LogP contribution in [0.2, 0.25) is 0 Å². The summed E-state index contributed by atoms with van der Waals surface area (Å²) in [5.41, 5.74) is 1.35. The van der Waals surface area contributed by atoms with E-state index in [0.29, 0.717) is 12.0 Å². The molecule has 2 nitrogen and oxygen atoms in total. The van der Waals surface area contributed by atoms with E-state index < -0.39 is 6.10 Å². The van der Waals surface area contributed by atoms with Crippen molar-refractivity contribution in [3.63, 3.8) is 0 Å². The standard InChI is InChI=1S/C13H17FO2/c1-9-4-5-12(14)11(7-9)13(15)8-10-3-2-6-16-10/h4-5,7,10,13,15H,2-3,6,8H2,1H3. The molecule has 1 aromatic carbocycles. The maximum Gasteiger partial charge on any atom is 0.129 e. The van der Waals surface area contributed by atoms with Gasteiger partial charge in [0.1, 0.15) is 5.82 Å². The smallest absolute Gasteiger partial charge is 0.129 e. The van der Waals surface area contributed by atoms with Gasteiger partial charge in [0.25, 0.3) is 0 Å². The Hall–Kier alpha value is -0.930. The highest BCUT2D eigenvalue weighted by Gasteiger charge is 2.22. The van der Waals surface area contributed by atoms with Gasteiger partial charge in [-0.25, -0.2) is 4.39 Å². The summed E-state index contributed by atoms with van der Waals surface area (Å²) < 4.78 is 18.9. The summed E-state index contributed by atoms with van der Waals surface area (Å²) in [6.07, 6.45) is 1.80. The molecule has 0 bridgehead atoms. The summed E-state index contributed by atoms with van der Waals surface area (Å²) in [4.78, 5) is 0. The predicted octanol–water partition coefficient (Wildman–Crippen LogP) is 2.74. The van der Waals surface area contributed by atoms with Gasteiger partial charge in [-0.05, 0) is 25.8 Å². The number of halogens is 1. The summed E-state index contributed by atoms with van der Waals surface area (Å²) in [7, 11) is 0. The number of hydrogen-bond donors (Lipinski definition) is 1. The van der Waals surface area contributed by atoms with Crippen molar-refractivity contribution in [2.24, 2.45) is 0 Å². The van der Waals surface area contributed by atoms with E-state index in [1.165, 1.54) is 6.07 Å². The van der Waals surface area contributed by atoms with Crippen molar-refractivity contribution in [3.05, 3.63) is 35.1 Å². The van der Waals surface area contributed by atoms with Gasteiger partial charge in [0.2, 0.25) is 0 Å². The molecular formula is C13H17FO2. The van der Waals surface area contributed by atoms with Gasteiger partial charge >= 0.3 is 0 Å². The Labute approximate surface area is 95.1 Å². The van der Waals surface area contributed by atoms with E-state index in [4.69, 9.17) is 4.74 Å². The lowest BCUT2D eigenvalue weighted by Gasteiger charge is -2.16. The van der Waals surface area contributed by atoms with Crippen molar-refractivity contribution in [2.45, 2.75) is 38.4 Å². The second-order valence-electron chi connectivity index (χ2n) is 4.41. The van der Waals surface area contributed by atoms with E-state index >= 15 is 0 Å². The van der Waals surface area contributed by atoms with Crippen molar-refractivity contribution >= 4 is 0 Å². The van der Waals surface area contributed by atoms with Crippen molar-refractivity contribution in [1.29, 1.82) is 0 Å². The zero-order valence-corrected chi connectivity index (χ0v) is 9.45. The van der Waals surface area contributed by atoms with Crippen LogP contribution in [0.3, 0.4) is 0 Å². The molecule has 2 atom stereocenters. The van der Waals surface area contributed by atoms with Gasteiger partial charge in [0.15, 0.2) is 0 Å².